The van der Waals surface area contributed by atoms with E-state index in [2.05, 4.69) is 0 Å². The lowest BCUT2D eigenvalue weighted by molar-refractivity contribution is -0.153. The summed E-state index contributed by atoms with van der Waals surface area (Å²) < 4.78 is 42.8. The molecule has 0 aliphatic rings. The number of benzene rings is 1. The quantitative estimate of drug-likeness (QED) is 0.801. The van der Waals surface area contributed by atoms with Crippen molar-refractivity contribution in [3.05, 3.63) is 30.1 Å². The fraction of sp³-hybridized carbons (Fsp3) is 0.462. The number of sulfone groups is 1. The van der Waals surface area contributed by atoms with E-state index < -0.39 is 37.4 Å². The molecule has 0 heterocycles. The summed E-state index contributed by atoms with van der Waals surface area (Å²) in [4.78, 5) is 11.3. The lowest BCUT2D eigenvalue weighted by atomic mass is 10.2. The first-order chi connectivity index (χ1) is 8.55. The van der Waals surface area contributed by atoms with Crippen LogP contribution in [0.2, 0.25) is 0 Å². The SMILES string of the molecule is CC(C(=O)OC(C)(C)C)S(=O)(=O)c1ccccc1F. The van der Waals surface area contributed by atoms with Crippen LogP contribution in [0.15, 0.2) is 29.2 Å². The third-order valence-corrected chi connectivity index (χ3v) is 4.41. The highest BCUT2D eigenvalue weighted by Crippen LogP contribution is 2.21. The van der Waals surface area contributed by atoms with Gasteiger partial charge in [0.1, 0.15) is 16.3 Å². The Morgan fingerprint density at radius 1 is 1.26 bits per heavy atom. The summed E-state index contributed by atoms with van der Waals surface area (Å²) in [5, 5.41) is -1.45. The molecule has 6 heteroatoms. The van der Waals surface area contributed by atoms with Crippen LogP contribution < -0.4 is 0 Å². The summed E-state index contributed by atoms with van der Waals surface area (Å²) >= 11 is 0. The first-order valence-corrected chi connectivity index (χ1v) is 7.31. The maximum atomic E-state index is 13.5. The van der Waals surface area contributed by atoms with Crippen LogP contribution in [0.5, 0.6) is 0 Å². The molecule has 1 aromatic carbocycles. The number of ether oxygens (including phenoxy) is 1. The van der Waals surface area contributed by atoms with E-state index >= 15 is 0 Å². The number of halogens is 1. The van der Waals surface area contributed by atoms with Crippen molar-refractivity contribution in [1.29, 1.82) is 0 Å². The molecule has 0 spiro atoms. The molecule has 1 unspecified atom stereocenters. The third kappa shape index (κ3) is 3.76. The Bertz CT molecular complexity index is 573. The molecule has 0 radical (unpaired) electrons. The van der Waals surface area contributed by atoms with Gasteiger partial charge >= 0.3 is 5.97 Å². The molecule has 0 amide bonds. The standard InChI is InChI=1S/C13H17FO4S/c1-9(12(15)18-13(2,3)4)19(16,17)11-8-6-5-7-10(11)14/h5-9H,1-4H3. The lowest BCUT2D eigenvalue weighted by Crippen LogP contribution is -2.35. The van der Waals surface area contributed by atoms with Crippen molar-refractivity contribution in [2.24, 2.45) is 0 Å². The van der Waals surface area contributed by atoms with E-state index in [1.807, 2.05) is 0 Å². The van der Waals surface area contributed by atoms with E-state index in [0.29, 0.717) is 0 Å². The van der Waals surface area contributed by atoms with Gasteiger partial charge in [-0.25, -0.2) is 12.8 Å². The van der Waals surface area contributed by atoms with Crippen LogP contribution in [-0.4, -0.2) is 25.2 Å². The van der Waals surface area contributed by atoms with Crippen LogP contribution in [-0.2, 0) is 19.4 Å². The van der Waals surface area contributed by atoms with Crippen molar-refractivity contribution in [2.45, 2.75) is 43.4 Å². The van der Waals surface area contributed by atoms with Gasteiger partial charge in [0.2, 0.25) is 0 Å². The van der Waals surface area contributed by atoms with Crippen LogP contribution in [0, 0.1) is 5.82 Å². The average molecular weight is 288 g/mol. The van der Waals surface area contributed by atoms with Gasteiger partial charge in [0, 0.05) is 0 Å². The Morgan fingerprint density at radius 3 is 2.26 bits per heavy atom. The van der Waals surface area contributed by atoms with Crippen molar-refractivity contribution in [3.8, 4) is 0 Å². The summed E-state index contributed by atoms with van der Waals surface area (Å²) in [6, 6.07) is 4.95. The second-order valence-corrected chi connectivity index (χ2v) is 7.39. The van der Waals surface area contributed by atoms with E-state index in [4.69, 9.17) is 4.74 Å². The molecule has 1 atom stereocenters. The molecule has 4 nitrogen and oxygen atoms in total. The predicted molar refractivity (Wildman–Crippen MR) is 68.9 cm³/mol. The molecule has 0 fully saturated rings. The van der Waals surface area contributed by atoms with Crippen molar-refractivity contribution in [3.63, 3.8) is 0 Å². The second-order valence-electron chi connectivity index (χ2n) is 5.15. The Balaban J connectivity index is 3.08. The van der Waals surface area contributed by atoms with Gasteiger partial charge in [-0.05, 0) is 39.8 Å². The maximum Gasteiger partial charge on any atom is 0.324 e. The predicted octanol–water partition coefficient (Wildman–Crippen LogP) is 2.33. The number of carbonyl (C=O) groups is 1. The molecule has 0 saturated heterocycles. The monoisotopic (exact) mass is 288 g/mol. The highest BCUT2D eigenvalue weighted by molar-refractivity contribution is 7.92. The van der Waals surface area contributed by atoms with Gasteiger partial charge in [0.05, 0.1) is 0 Å². The average Bonchev–Trinajstić information content (AvgIpc) is 2.26. The van der Waals surface area contributed by atoms with Crippen LogP contribution in [0.3, 0.4) is 0 Å². The molecular formula is C13H17FO4S. The highest BCUT2D eigenvalue weighted by atomic mass is 32.2. The summed E-state index contributed by atoms with van der Waals surface area (Å²) in [7, 11) is -4.09. The molecule has 19 heavy (non-hydrogen) atoms. The van der Waals surface area contributed by atoms with E-state index in [1.165, 1.54) is 19.1 Å². The molecule has 0 aliphatic carbocycles. The molecule has 1 aromatic rings. The molecule has 106 valence electrons. The number of hydrogen-bond acceptors (Lipinski definition) is 4. The molecule has 0 bridgehead atoms. The van der Waals surface area contributed by atoms with Crippen molar-refractivity contribution in [2.75, 3.05) is 0 Å². The third-order valence-electron chi connectivity index (χ3n) is 2.35. The molecule has 0 aromatic heterocycles. The summed E-state index contributed by atoms with van der Waals surface area (Å²) in [6.07, 6.45) is 0. The van der Waals surface area contributed by atoms with Gasteiger partial charge in [0.25, 0.3) is 0 Å². The number of hydrogen-bond donors (Lipinski definition) is 0. The van der Waals surface area contributed by atoms with Gasteiger partial charge in [-0.15, -0.1) is 0 Å². The van der Waals surface area contributed by atoms with Crippen LogP contribution in [0.1, 0.15) is 27.7 Å². The smallest absolute Gasteiger partial charge is 0.324 e. The number of carbonyl (C=O) groups excluding carboxylic acids is 1. The van der Waals surface area contributed by atoms with Crippen LogP contribution in [0.4, 0.5) is 4.39 Å². The van der Waals surface area contributed by atoms with Gasteiger partial charge in [-0.2, -0.15) is 0 Å². The first-order valence-electron chi connectivity index (χ1n) is 5.77. The summed E-state index contributed by atoms with van der Waals surface area (Å²) in [5.74, 6) is -1.77. The highest BCUT2D eigenvalue weighted by Gasteiger charge is 2.34. The summed E-state index contributed by atoms with van der Waals surface area (Å²) in [5.41, 5.74) is -0.796. The Kier molecular flexibility index (Phi) is 4.35. The molecular weight excluding hydrogens is 271 g/mol. The number of esters is 1. The number of rotatable bonds is 3. The minimum absolute atomic E-state index is 0.492. The zero-order valence-corrected chi connectivity index (χ0v) is 12.1. The second kappa shape index (κ2) is 5.28. The lowest BCUT2D eigenvalue weighted by Gasteiger charge is -2.22. The summed E-state index contributed by atoms with van der Waals surface area (Å²) in [6.45, 7) is 6.09. The van der Waals surface area contributed by atoms with Gasteiger partial charge in [0.15, 0.2) is 15.1 Å². The zero-order chi connectivity index (χ0) is 14.8. The fourth-order valence-electron chi connectivity index (χ4n) is 1.38. The molecule has 0 saturated carbocycles. The first kappa shape index (κ1) is 15.6. The minimum atomic E-state index is -4.09. The Labute approximate surface area is 112 Å². The largest absolute Gasteiger partial charge is 0.459 e. The minimum Gasteiger partial charge on any atom is -0.459 e. The molecule has 1 rings (SSSR count). The van der Waals surface area contributed by atoms with Crippen molar-refractivity contribution < 1.29 is 22.3 Å². The van der Waals surface area contributed by atoms with Crippen LogP contribution >= 0.6 is 0 Å². The zero-order valence-electron chi connectivity index (χ0n) is 11.3. The topological polar surface area (TPSA) is 60.4 Å². The van der Waals surface area contributed by atoms with E-state index in [-0.39, 0.29) is 0 Å². The van der Waals surface area contributed by atoms with E-state index in [9.17, 15) is 17.6 Å². The molecule has 0 aliphatic heterocycles. The van der Waals surface area contributed by atoms with E-state index in [1.54, 1.807) is 20.8 Å². The van der Waals surface area contributed by atoms with Crippen molar-refractivity contribution in [1.82, 2.24) is 0 Å². The van der Waals surface area contributed by atoms with Gasteiger partial charge < -0.3 is 4.74 Å². The fourth-order valence-corrected chi connectivity index (χ4v) is 2.67. The van der Waals surface area contributed by atoms with Gasteiger partial charge in [-0.3, -0.25) is 4.79 Å². The van der Waals surface area contributed by atoms with E-state index in [0.717, 1.165) is 12.1 Å². The Hall–Kier alpha value is -1.43. The maximum absolute atomic E-state index is 13.5. The normalized spacial score (nSPS) is 13.9. The van der Waals surface area contributed by atoms with Gasteiger partial charge in [-0.1, -0.05) is 12.1 Å². The van der Waals surface area contributed by atoms with Crippen LogP contribution in [0.25, 0.3) is 0 Å². The van der Waals surface area contributed by atoms with Crippen molar-refractivity contribution >= 4 is 15.8 Å². The Morgan fingerprint density at radius 2 is 1.79 bits per heavy atom. The molecule has 0 N–H and O–H groups in total.